The summed E-state index contributed by atoms with van der Waals surface area (Å²) < 4.78 is 19.9. The number of nitrogens with one attached hydrogen (secondary N) is 1. The van der Waals surface area contributed by atoms with Crippen LogP contribution in [0.15, 0.2) is 59.4 Å². The van der Waals surface area contributed by atoms with Crippen LogP contribution in [0.1, 0.15) is 23.7 Å². The SMILES string of the molecule is CCOC(=O)N1CCc2c(nc(-c3ccc(F)cc3)n(CC(=O)NCc3ccccc3)c2=O)C1. The first-order valence-corrected chi connectivity index (χ1v) is 11.1. The summed E-state index contributed by atoms with van der Waals surface area (Å²) in [6.07, 6.45) is -0.169. The molecule has 1 aliphatic rings. The van der Waals surface area contributed by atoms with E-state index in [4.69, 9.17) is 4.74 Å². The van der Waals surface area contributed by atoms with Crippen molar-refractivity contribution in [2.24, 2.45) is 0 Å². The van der Waals surface area contributed by atoms with Gasteiger partial charge in [0.25, 0.3) is 5.56 Å². The van der Waals surface area contributed by atoms with Crippen LogP contribution < -0.4 is 10.9 Å². The van der Waals surface area contributed by atoms with Gasteiger partial charge in [0.15, 0.2) is 0 Å². The Bertz CT molecular complexity index is 1240. The number of nitrogens with zero attached hydrogens (tertiary/aromatic N) is 3. The average Bonchev–Trinajstić information content (AvgIpc) is 2.85. The van der Waals surface area contributed by atoms with Crippen LogP contribution in [0.5, 0.6) is 0 Å². The van der Waals surface area contributed by atoms with E-state index in [1.807, 2.05) is 30.3 Å². The lowest BCUT2D eigenvalue weighted by atomic mass is 10.1. The first-order valence-electron chi connectivity index (χ1n) is 11.1. The summed E-state index contributed by atoms with van der Waals surface area (Å²) in [5, 5.41) is 2.82. The lowest BCUT2D eigenvalue weighted by molar-refractivity contribution is -0.121. The van der Waals surface area contributed by atoms with E-state index in [9.17, 15) is 18.8 Å². The van der Waals surface area contributed by atoms with Gasteiger partial charge in [-0.2, -0.15) is 0 Å². The van der Waals surface area contributed by atoms with E-state index in [2.05, 4.69) is 10.3 Å². The van der Waals surface area contributed by atoms with Crippen LogP contribution in [-0.4, -0.2) is 39.6 Å². The molecule has 0 saturated carbocycles. The Hall–Kier alpha value is -4.01. The zero-order chi connectivity index (χ0) is 24.1. The molecule has 34 heavy (non-hydrogen) atoms. The number of aromatic nitrogens is 2. The second-order valence-electron chi connectivity index (χ2n) is 7.89. The van der Waals surface area contributed by atoms with Gasteiger partial charge in [-0.05, 0) is 43.2 Å². The zero-order valence-electron chi connectivity index (χ0n) is 18.8. The molecule has 0 bridgehead atoms. The molecule has 0 saturated heterocycles. The Kier molecular flexibility index (Phi) is 7.01. The van der Waals surface area contributed by atoms with Gasteiger partial charge in [-0.1, -0.05) is 30.3 Å². The lowest BCUT2D eigenvalue weighted by Gasteiger charge is -2.28. The van der Waals surface area contributed by atoms with E-state index in [0.29, 0.717) is 36.3 Å². The Morgan fingerprint density at radius 2 is 1.85 bits per heavy atom. The van der Waals surface area contributed by atoms with Crippen molar-refractivity contribution in [3.63, 3.8) is 0 Å². The maximum absolute atomic E-state index is 13.5. The van der Waals surface area contributed by atoms with Crippen molar-refractivity contribution in [2.75, 3.05) is 13.2 Å². The van der Waals surface area contributed by atoms with E-state index in [1.165, 1.54) is 33.7 Å². The number of halogens is 1. The Morgan fingerprint density at radius 3 is 2.56 bits per heavy atom. The first kappa shape index (κ1) is 23.2. The maximum atomic E-state index is 13.5. The molecule has 176 valence electrons. The molecule has 0 spiro atoms. The standard InChI is InChI=1S/C25H25FN4O4/c1-2-34-25(33)29-13-12-20-21(15-29)28-23(18-8-10-19(26)11-9-18)30(24(20)32)16-22(31)27-14-17-6-4-3-5-7-17/h3-11H,2,12-16H2,1H3,(H,27,31). The van der Waals surface area contributed by atoms with Gasteiger partial charge in [0.05, 0.1) is 18.8 Å². The highest BCUT2D eigenvalue weighted by Gasteiger charge is 2.27. The molecule has 0 atom stereocenters. The van der Waals surface area contributed by atoms with Gasteiger partial charge in [0.1, 0.15) is 18.2 Å². The van der Waals surface area contributed by atoms with E-state index in [-0.39, 0.29) is 37.0 Å². The smallest absolute Gasteiger partial charge is 0.410 e. The molecule has 0 unspecified atom stereocenters. The Labute approximate surface area is 196 Å². The van der Waals surface area contributed by atoms with Gasteiger partial charge < -0.3 is 15.0 Å². The highest BCUT2D eigenvalue weighted by molar-refractivity contribution is 5.76. The summed E-state index contributed by atoms with van der Waals surface area (Å²) in [6.45, 7) is 2.50. The molecule has 3 aromatic rings. The van der Waals surface area contributed by atoms with Crippen molar-refractivity contribution in [2.45, 2.75) is 33.0 Å². The quantitative estimate of drug-likeness (QED) is 0.606. The normalized spacial score (nSPS) is 12.7. The minimum absolute atomic E-state index is 0.124. The molecule has 0 radical (unpaired) electrons. The number of ether oxygens (including phenoxy) is 1. The van der Waals surface area contributed by atoms with Crippen molar-refractivity contribution < 1.29 is 18.7 Å². The van der Waals surface area contributed by atoms with Crippen LogP contribution in [0.2, 0.25) is 0 Å². The van der Waals surface area contributed by atoms with Crippen LogP contribution >= 0.6 is 0 Å². The fourth-order valence-corrected chi connectivity index (χ4v) is 3.86. The topological polar surface area (TPSA) is 93.5 Å². The van der Waals surface area contributed by atoms with Gasteiger partial charge in [-0.25, -0.2) is 14.2 Å². The second kappa shape index (κ2) is 10.3. The van der Waals surface area contributed by atoms with Crippen LogP contribution in [0.4, 0.5) is 9.18 Å². The number of rotatable bonds is 6. The summed E-state index contributed by atoms with van der Waals surface area (Å²) in [5.41, 5.74) is 1.99. The van der Waals surface area contributed by atoms with Crippen molar-refractivity contribution in [1.29, 1.82) is 0 Å². The molecule has 1 aromatic heterocycles. The van der Waals surface area contributed by atoms with Crippen molar-refractivity contribution in [1.82, 2.24) is 19.8 Å². The third-order valence-corrected chi connectivity index (χ3v) is 5.58. The minimum Gasteiger partial charge on any atom is -0.450 e. The molecule has 1 aliphatic heterocycles. The number of benzene rings is 2. The third kappa shape index (κ3) is 5.14. The zero-order valence-corrected chi connectivity index (χ0v) is 18.8. The van der Waals surface area contributed by atoms with Crippen LogP contribution in [-0.2, 0) is 35.6 Å². The Balaban J connectivity index is 1.66. The van der Waals surface area contributed by atoms with Crippen LogP contribution in [0.3, 0.4) is 0 Å². The van der Waals surface area contributed by atoms with Crippen molar-refractivity contribution in [3.8, 4) is 11.4 Å². The molecule has 4 rings (SSSR count). The molecule has 8 nitrogen and oxygen atoms in total. The van der Waals surface area contributed by atoms with Gasteiger partial charge in [-0.3, -0.25) is 14.2 Å². The van der Waals surface area contributed by atoms with Gasteiger partial charge in [0.2, 0.25) is 5.91 Å². The molecule has 2 amide bonds. The monoisotopic (exact) mass is 464 g/mol. The lowest BCUT2D eigenvalue weighted by Crippen LogP contribution is -2.42. The minimum atomic E-state index is -0.470. The summed E-state index contributed by atoms with van der Waals surface area (Å²) in [4.78, 5) is 44.5. The largest absolute Gasteiger partial charge is 0.450 e. The molecule has 2 aromatic carbocycles. The number of hydrogen-bond donors (Lipinski definition) is 1. The van der Waals surface area contributed by atoms with E-state index >= 15 is 0 Å². The van der Waals surface area contributed by atoms with E-state index in [1.54, 1.807) is 6.92 Å². The summed E-state index contributed by atoms with van der Waals surface area (Å²) in [7, 11) is 0. The molecule has 9 heteroatoms. The Morgan fingerprint density at radius 1 is 1.12 bits per heavy atom. The van der Waals surface area contributed by atoms with Gasteiger partial charge in [0, 0.05) is 24.2 Å². The fraction of sp³-hybridized carbons (Fsp3) is 0.280. The number of carbonyl (C=O) groups is 2. The summed E-state index contributed by atoms with van der Waals surface area (Å²) in [5.74, 6) is -0.533. The number of carbonyl (C=O) groups excluding carboxylic acids is 2. The highest BCUT2D eigenvalue weighted by Crippen LogP contribution is 2.22. The van der Waals surface area contributed by atoms with E-state index in [0.717, 1.165) is 5.56 Å². The molecule has 2 heterocycles. The molecule has 0 aliphatic carbocycles. The molecule has 1 N–H and O–H groups in total. The van der Waals surface area contributed by atoms with E-state index < -0.39 is 11.9 Å². The highest BCUT2D eigenvalue weighted by atomic mass is 19.1. The fourth-order valence-electron chi connectivity index (χ4n) is 3.86. The third-order valence-electron chi connectivity index (χ3n) is 5.58. The predicted octanol–water partition coefficient (Wildman–Crippen LogP) is 2.88. The number of amides is 2. The van der Waals surface area contributed by atoms with Crippen molar-refractivity contribution >= 4 is 12.0 Å². The number of hydrogen-bond acceptors (Lipinski definition) is 5. The molecular weight excluding hydrogens is 439 g/mol. The first-order chi connectivity index (χ1) is 16.5. The predicted molar refractivity (Wildman–Crippen MR) is 123 cm³/mol. The van der Waals surface area contributed by atoms with Gasteiger partial charge in [-0.15, -0.1) is 0 Å². The average molecular weight is 464 g/mol. The maximum Gasteiger partial charge on any atom is 0.410 e. The summed E-state index contributed by atoms with van der Waals surface area (Å²) >= 11 is 0. The second-order valence-corrected chi connectivity index (χ2v) is 7.89. The summed E-state index contributed by atoms with van der Waals surface area (Å²) in [6, 6.07) is 15.0. The van der Waals surface area contributed by atoms with Crippen molar-refractivity contribution in [3.05, 3.63) is 87.6 Å². The molecular formula is C25H25FN4O4. The van der Waals surface area contributed by atoms with Gasteiger partial charge >= 0.3 is 6.09 Å². The van der Waals surface area contributed by atoms with Crippen LogP contribution in [0.25, 0.3) is 11.4 Å². The number of fused-ring (bicyclic) bond motifs is 1. The van der Waals surface area contributed by atoms with Crippen LogP contribution in [0, 0.1) is 5.82 Å². The molecule has 0 fully saturated rings.